The Bertz CT molecular complexity index is 827. The standard InChI is InChI=1S/C18H19NO4S/c1-13-9-11-16(12-10-13)24(21,22)19-17(14(2)18(20)23-3)15-7-5-4-6-8-15/h4-12,17,19H,2H2,1,3H3/t17-/m0/s1. The van der Waals surface area contributed by atoms with Gasteiger partial charge >= 0.3 is 5.97 Å². The van der Waals surface area contributed by atoms with Crippen LogP contribution < -0.4 is 4.72 Å². The second-order valence-corrected chi connectivity index (χ2v) is 7.01. The van der Waals surface area contributed by atoms with Crippen LogP contribution in [0.5, 0.6) is 0 Å². The average Bonchev–Trinajstić information content (AvgIpc) is 2.59. The molecule has 2 rings (SSSR count). The molecule has 5 nitrogen and oxygen atoms in total. The number of hydrogen-bond acceptors (Lipinski definition) is 4. The van der Waals surface area contributed by atoms with Crippen molar-refractivity contribution in [3.8, 4) is 0 Å². The van der Waals surface area contributed by atoms with Crippen LogP contribution in [0.25, 0.3) is 0 Å². The van der Waals surface area contributed by atoms with Crippen LogP contribution in [0.15, 0.2) is 71.6 Å². The number of esters is 1. The summed E-state index contributed by atoms with van der Waals surface area (Å²) in [5.41, 5.74) is 1.57. The van der Waals surface area contributed by atoms with E-state index in [4.69, 9.17) is 0 Å². The van der Waals surface area contributed by atoms with Crippen molar-refractivity contribution in [3.05, 3.63) is 77.9 Å². The highest BCUT2D eigenvalue weighted by atomic mass is 32.2. The maximum absolute atomic E-state index is 12.6. The molecule has 0 radical (unpaired) electrons. The van der Waals surface area contributed by atoms with Gasteiger partial charge in [-0.2, -0.15) is 4.72 Å². The zero-order valence-corrected chi connectivity index (χ0v) is 14.3. The average molecular weight is 345 g/mol. The third kappa shape index (κ3) is 4.10. The summed E-state index contributed by atoms with van der Waals surface area (Å²) in [6.07, 6.45) is 0. The van der Waals surface area contributed by atoms with E-state index in [2.05, 4.69) is 16.0 Å². The van der Waals surface area contributed by atoms with Gasteiger partial charge < -0.3 is 4.74 Å². The first-order chi connectivity index (χ1) is 11.3. The molecule has 2 aromatic carbocycles. The molecular formula is C18H19NO4S. The summed E-state index contributed by atoms with van der Waals surface area (Å²) in [5.74, 6) is -0.671. The van der Waals surface area contributed by atoms with Gasteiger partial charge in [-0.3, -0.25) is 0 Å². The van der Waals surface area contributed by atoms with E-state index in [-0.39, 0.29) is 10.5 Å². The Labute approximate surface area is 142 Å². The highest BCUT2D eigenvalue weighted by Crippen LogP contribution is 2.24. The van der Waals surface area contributed by atoms with Crippen LogP contribution in [0.3, 0.4) is 0 Å². The van der Waals surface area contributed by atoms with E-state index in [1.807, 2.05) is 6.92 Å². The summed E-state index contributed by atoms with van der Waals surface area (Å²) in [6.45, 7) is 5.56. The summed E-state index contributed by atoms with van der Waals surface area (Å²) in [4.78, 5) is 12.0. The van der Waals surface area contributed by atoms with Crippen LogP contribution in [0.2, 0.25) is 0 Å². The van der Waals surface area contributed by atoms with Gasteiger partial charge in [-0.1, -0.05) is 54.6 Å². The predicted molar refractivity (Wildman–Crippen MR) is 91.8 cm³/mol. The Hall–Kier alpha value is -2.44. The highest BCUT2D eigenvalue weighted by Gasteiger charge is 2.27. The second kappa shape index (κ2) is 7.42. The van der Waals surface area contributed by atoms with Gasteiger partial charge in [0, 0.05) is 0 Å². The number of aryl methyl sites for hydroxylation is 1. The van der Waals surface area contributed by atoms with E-state index in [0.29, 0.717) is 5.56 Å². The summed E-state index contributed by atoms with van der Waals surface area (Å²) in [6, 6.07) is 14.3. The molecule has 0 bridgehead atoms. The van der Waals surface area contributed by atoms with E-state index >= 15 is 0 Å². The molecular weight excluding hydrogens is 326 g/mol. The summed E-state index contributed by atoms with van der Waals surface area (Å²) >= 11 is 0. The van der Waals surface area contributed by atoms with Crippen LogP contribution in [0.1, 0.15) is 17.2 Å². The van der Waals surface area contributed by atoms with Gasteiger partial charge in [0.1, 0.15) is 0 Å². The van der Waals surface area contributed by atoms with Crippen LogP contribution in [-0.2, 0) is 19.6 Å². The van der Waals surface area contributed by atoms with Gasteiger partial charge in [0.2, 0.25) is 10.0 Å². The first kappa shape index (κ1) is 17.9. The zero-order chi connectivity index (χ0) is 17.7. The van der Waals surface area contributed by atoms with Crippen molar-refractivity contribution in [2.45, 2.75) is 17.9 Å². The van der Waals surface area contributed by atoms with Gasteiger partial charge in [0.05, 0.1) is 23.6 Å². The molecule has 0 saturated heterocycles. The lowest BCUT2D eigenvalue weighted by Gasteiger charge is -2.20. The van der Waals surface area contributed by atoms with Gasteiger partial charge in [0.15, 0.2) is 0 Å². The molecule has 0 aliphatic heterocycles. The summed E-state index contributed by atoms with van der Waals surface area (Å²) < 4.78 is 32.5. The molecule has 0 spiro atoms. The Morgan fingerprint density at radius 1 is 1.08 bits per heavy atom. The lowest BCUT2D eigenvalue weighted by molar-refractivity contribution is -0.136. The quantitative estimate of drug-likeness (QED) is 0.645. The third-order valence-electron chi connectivity index (χ3n) is 3.53. The largest absolute Gasteiger partial charge is 0.466 e. The van der Waals surface area contributed by atoms with E-state index in [0.717, 1.165) is 5.56 Å². The number of hydrogen-bond donors (Lipinski definition) is 1. The fourth-order valence-electron chi connectivity index (χ4n) is 2.18. The summed E-state index contributed by atoms with van der Waals surface area (Å²) in [7, 11) is -2.60. The van der Waals surface area contributed by atoms with Crippen LogP contribution in [0, 0.1) is 6.92 Å². The molecule has 24 heavy (non-hydrogen) atoms. The molecule has 1 atom stereocenters. The van der Waals surface area contributed by atoms with Gasteiger partial charge in [-0.05, 0) is 24.6 Å². The zero-order valence-electron chi connectivity index (χ0n) is 13.5. The van der Waals surface area contributed by atoms with Crippen molar-refractivity contribution in [2.24, 2.45) is 0 Å². The van der Waals surface area contributed by atoms with Crippen molar-refractivity contribution >= 4 is 16.0 Å². The number of carbonyl (C=O) groups is 1. The SMILES string of the molecule is C=C(C(=O)OC)[C@H](NS(=O)(=O)c1ccc(C)cc1)c1ccccc1. The Morgan fingerprint density at radius 3 is 2.21 bits per heavy atom. The van der Waals surface area contributed by atoms with Crippen molar-refractivity contribution in [1.82, 2.24) is 4.72 Å². The molecule has 0 heterocycles. The number of carbonyl (C=O) groups excluding carboxylic acids is 1. The van der Waals surface area contributed by atoms with Crippen molar-refractivity contribution in [1.29, 1.82) is 0 Å². The lowest BCUT2D eigenvalue weighted by Crippen LogP contribution is -2.32. The Kier molecular flexibility index (Phi) is 5.54. The van der Waals surface area contributed by atoms with Gasteiger partial charge in [-0.15, -0.1) is 0 Å². The molecule has 0 unspecified atom stereocenters. The monoisotopic (exact) mass is 345 g/mol. The van der Waals surface area contributed by atoms with E-state index in [1.165, 1.54) is 19.2 Å². The minimum atomic E-state index is -3.83. The molecule has 126 valence electrons. The fraction of sp³-hybridized carbons (Fsp3) is 0.167. The molecule has 0 aliphatic rings. The van der Waals surface area contributed by atoms with Crippen molar-refractivity contribution < 1.29 is 17.9 Å². The van der Waals surface area contributed by atoms with Crippen molar-refractivity contribution in [3.63, 3.8) is 0 Å². The molecule has 2 aromatic rings. The van der Waals surface area contributed by atoms with Crippen LogP contribution >= 0.6 is 0 Å². The van der Waals surface area contributed by atoms with E-state index in [9.17, 15) is 13.2 Å². The smallest absolute Gasteiger partial charge is 0.335 e. The number of rotatable bonds is 6. The van der Waals surface area contributed by atoms with Crippen LogP contribution in [-0.4, -0.2) is 21.5 Å². The molecule has 0 aliphatic carbocycles. The molecule has 1 N–H and O–H groups in total. The number of ether oxygens (including phenoxy) is 1. The normalized spacial score (nSPS) is 12.4. The minimum absolute atomic E-state index is 0.0133. The summed E-state index contributed by atoms with van der Waals surface area (Å²) in [5, 5.41) is 0. The molecule has 0 fully saturated rings. The third-order valence-corrected chi connectivity index (χ3v) is 4.97. The Morgan fingerprint density at radius 2 is 1.67 bits per heavy atom. The number of benzene rings is 2. The number of methoxy groups -OCH3 is 1. The van der Waals surface area contributed by atoms with E-state index in [1.54, 1.807) is 42.5 Å². The second-order valence-electron chi connectivity index (χ2n) is 5.29. The van der Waals surface area contributed by atoms with Crippen molar-refractivity contribution in [2.75, 3.05) is 7.11 Å². The molecule has 6 heteroatoms. The van der Waals surface area contributed by atoms with Crippen LogP contribution in [0.4, 0.5) is 0 Å². The first-order valence-corrected chi connectivity index (χ1v) is 8.74. The molecule has 0 saturated carbocycles. The minimum Gasteiger partial charge on any atom is -0.466 e. The molecule has 0 aromatic heterocycles. The van der Waals surface area contributed by atoms with Gasteiger partial charge in [0.25, 0.3) is 0 Å². The highest BCUT2D eigenvalue weighted by molar-refractivity contribution is 7.89. The predicted octanol–water partition coefficient (Wildman–Crippen LogP) is 2.74. The van der Waals surface area contributed by atoms with E-state index < -0.39 is 22.0 Å². The number of sulfonamides is 1. The van der Waals surface area contributed by atoms with Gasteiger partial charge in [-0.25, -0.2) is 13.2 Å². The first-order valence-electron chi connectivity index (χ1n) is 7.26. The Balaban J connectivity index is 2.39. The molecule has 0 amide bonds. The maximum atomic E-state index is 12.6. The maximum Gasteiger partial charge on any atom is 0.335 e. The topological polar surface area (TPSA) is 72.5 Å². The lowest BCUT2D eigenvalue weighted by atomic mass is 10.0. The number of nitrogens with one attached hydrogen (secondary N) is 1. The fourth-order valence-corrected chi connectivity index (χ4v) is 3.39.